The molecule has 0 aliphatic carbocycles. The molecule has 0 aliphatic rings. The fraction of sp³-hybridized carbons (Fsp3) is 0.667. The van der Waals surface area contributed by atoms with Crippen LogP contribution >= 0.6 is 0 Å². The van der Waals surface area contributed by atoms with Crippen LogP contribution in [0.2, 0.25) is 0 Å². The highest BCUT2D eigenvalue weighted by Gasteiger charge is 2.05. The van der Waals surface area contributed by atoms with Gasteiger partial charge in [-0.25, -0.2) is 4.98 Å². The van der Waals surface area contributed by atoms with Crippen molar-refractivity contribution in [1.82, 2.24) is 9.97 Å². The van der Waals surface area contributed by atoms with Crippen molar-refractivity contribution in [1.29, 1.82) is 0 Å². The van der Waals surface area contributed by atoms with Crippen LogP contribution in [-0.4, -0.2) is 23.1 Å². The van der Waals surface area contributed by atoms with Crippen molar-refractivity contribution >= 4 is 11.6 Å². The van der Waals surface area contributed by atoms with Crippen molar-refractivity contribution in [3.05, 3.63) is 12.4 Å². The molecule has 0 bridgehead atoms. The zero-order valence-corrected chi connectivity index (χ0v) is 10.6. The molecular weight excluding hydrogens is 200 g/mol. The summed E-state index contributed by atoms with van der Waals surface area (Å²) in [5.41, 5.74) is 0. The number of nitrogens with one attached hydrogen (secondary N) is 2. The number of hydrogen-bond donors (Lipinski definition) is 2. The highest BCUT2D eigenvalue weighted by atomic mass is 15.1. The van der Waals surface area contributed by atoms with Gasteiger partial charge >= 0.3 is 0 Å². The number of rotatable bonds is 6. The normalized spacial score (nSPS) is 12.6. The molecule has 1 aromatic heterocycles. The van der Waals surface area contributed by atoms with E-state index in [9.17, 15) is 0 Å². The summed E-state index contributed by atoms with van der Waals surface area (Å²) in [6.45, 7) is 6.67. The molecule has 0 fully saturated rings. The molecule has 0 saturated carbocycles. The Morgan fingerprint density at radius 3 is 2.44 bits per heavy atom. The van der Waals surface area contributed by atoms with E-state index >= 15 is 0 Å². The van der Waals surface area contributed by atoms with Crippen molar-refractivity contribution in [2.24, 2.45) is 5.92 Å². The van der Waals surface area contributed by atoms with Gasteiger partial charge in [0.15, 0.2) is 0 Å². The largest absolute Gasteiger partial charge is 0.372 e. The van der Waals surface area contributed by atoms with E-state index in [1.165, 1.54) is 6.42 Å². The van der Waals surface area contributed by atoms with E-state index in [2.05, 4.69) is 41.4 Å². The van der Waals surface area contributed by atoms with E-state index in [1.54, 1.807) is 12.4 Å². The molecule has 16 heavy (non-hydrogen) atoms. The molecule has 4 nitrogen and oxygen atoms in total. The van der Waals surface area contributed by atoms with Crippen LogP contribution in [0.1, 0.15) is 33.6 Å². The Labute approximate surface area is 97.9 Å². The van der Waals surface area contributed by atoms with Gasteiger partial charge in [0.2, 0.25) is 0 Å². The lowest BCUT2D eigenvalue weighted by Crippen LogP contribution is -2.17. The summed E-state index contributed by atoms with van der Waals surface area (Å²) < 4.78 is 0. The molecule has 0 radical (unpaired) electrons. The predicted molar refractivity (Wildman–Crippen MR) is 68.7 cm³/mol. The van der Waals surface area contributed by atoms with Crippen LogP contribution in [0.4, 0.5) is 11.6 Å². The second-order valence-electron chi connectivity index (χ2n) is 4.56. The smallest absolute Gasteiger partial charge is 0.147 e. The van der Waals surface area contributed by atoms with Gasteiger partial charge in [0.05, 0.1) is 12.4 Å². The predicted octanol–water partition coefficient (Wildman–Crippen LogP) is 2.75. The molecule has 1 rings (SSSR count). The van der Waals surface area contributed by atoms with Gasteiger partial charge in [-0.2, -0.15) is 0 Å². The molecule has 2 N–H and O–H groups in total. The zero-order chi connectivity index (χ0) is 12.0. The van der Waals surface area contributed by atoms with E-state index in [1.807, 2.05) is 7.05 Å². The molecule has 0 amide bonds. The van der Waals surface area contributed by atoms with Gasteiger partial charge in [-0.3, -0.25) is 4.98 Å². The summed E-state index contributed by atoms with van der Waals surface area (Å²) in [7, 11) is 1.84. The van der Waals surface area contributed by atoms with Gasteiger partial charge in [-0.05, 0) is 25.7 Å². The third-order valence-corrected chi connectivity index (χ3v) is 2.46. The molecule has 1 aromatic rings. The quantitative estimate of drug-likeness (QED) is 0.777. The van der Waals surface area contributed by atoms with E-state index in [0.717, 1.165) is 24.0 Å². The molecule has 1 atom stereocenters. The maximum atomic E-state index is 4.37. The van der Waals surface area contributed by atoms with Crippen molar-refractivity contribution in [2.45, 2.75) is 39.7 Å². The van der Waals surface area contributed by atoms with Crippen LogP contribution in [0.5, 0.6) is 0 Å². The number of hydrogen-bond acceptors (Lipinski definition) is 4. The molecule has 1 unspecified atom stereocenters. The van der Waals surface area contributed by atoms with Gasteiger partial charge < -0.3 is 10.6 Å². The van der Waals surface area contributed by atoms with Gasteiger partial charge in [-0.1, -0.05) is 13.8 Å². The van der Waals surface area contributed by atoms with E-state index in [4.69, 9.17) is 0 Å². The number of aromatic nitrogens is 2. The molecule has 1 heterocycles. The maximum absolute atomic E-state index is 4.37. The Kier molecular flexibility index (Phi) is 5.02. The minimum Gasteiger partial charge on any atom is -0.372 e. The van der Waals surface area contributed by atoms with Crippen molar-refractivity contribution in [3.8, 4) is 0 Å². The summed E-state index contributed by atoms with van der Waals surface area (Å²) in [4.78, 5) is 8.49. The minimum absolute atomic E-state index is 0.434. The first-order chi connectivity index (χ1) is 7.61. The summed E-state index contributed by atoms with van der Waals surface area (Å²) in [6.07, 6.45) is 5.85. The van der Waals surface area contributed by atoms with Crippen LogP contribution in [0.25, 0.3) is 0 Å². The van der Waals surface area contributed by atoms with Crippen molar-refractivity contribution < 1.29 is 0 Å². The van der Waals surface area contributed by atoms with Crippen LogP contribution in [0.15, 0.2) is 12.4 Å². The summed E-state index contributed by atoms with van der Waals surface area (Å²) >= 11 is 0. The summed E-state index contributed by atoms with van der Waals surface area (Å²) in [5, 5.41) is 6.34. The van der Waals surface area contributed by atoms with Gasteiger partial charge in [-0.15, -0.1) is 0 Å². The molecule has 4 heteroatoms. The first kappa shape index (κ1) is 12.7. The SMILES string of the molecule is CNc1cncc(NC(C)CCC(C)C)n1. The fourth-order valence-electron chi connectivity index (χ4n) is 1.46. The minimum atomic E-state index is 0.434. The van der Waals surface area contributed by atoms with Crippen LogP contribution in [0, 0.1) is 5.92 Å². The number of nitrogens with zero attached hydrogens (tertiary/aromatic N) is 2. The van der Waals surface area contributed by atoms with Crippen molar-refractivity contribution in [3.63, 3.8) is 0 Å². The zero-order valence-electron chi connectivity index (χ0n) is 10.6. The Morgan fingerprint density at radius 1 is 1.12 bits per heavy atom. The standard InChI is InChI=1S/C12H22N4/c1-9(2)5-6-10(3)15-12-8-14-7-11(13-4)16-12/h7-10H,5-6H2,1-4H3,(H2,13,15,16). The highest BCUT2D eigenvalue weighted by Crippen LogP contribution is 2.12. The third kappa shape index (κ3) is 4.47. The Morgan fingerprint density at radius 2 is 1.81 bits per heavy atom. The lowest BCUT2D eigenvalue weighted by Gasteiger charge is -2.15. The Bertz CT molecular complexity index is 312. The number of anilines is 2. The second-order valence-corrected chi connectivity index (χ2v) is 4.56. The highest BCUT2D eigenvalue weighted by molar-refractivity contribution is 5.41. The fourth-order valence-corrected chi connectivity index (χ4v) is 1.46. The Hall–Kier alpha value is -1.32. The second kappa shape index (κ2) is 6.30. The van der Waals surface area contributed by atoms with Crippen LogP contribution < -0.4 is 10.6 Å². The maximum Gasteiger partial charge on any atom is 0.147 e. The molecule has 90 valence electrons. The average molecular weight is 222 g/mol. The molecular formula is C12H22N4. The van der Waals surface area contributed by atoms with Crippen molar-refractivity contribution in [2.75, 3.05) is 17.7 Å². The Balaban J connectivity index is 2.45. The van der Waals surface area contributed by atoms with Crippen LogP contribution in [0.3, 0.4) is 0 Å². The molecule has 0 spiro atoms. The lowest BCUT2D eigenvalue weighted by molar-refractivity contribution is 0.527. The van der Waals surface area contributed by atoms with Gasteiger partial charge in [0, 0.05) is 13.1 Å². The molecule has 0 saturated heterocycles. The molecule has 0 aliphatic heterocycles. The van der Waals surface area contributed by atoms with Gasteiger partial charge in [0.25, 0.3) is 0 Å². The van der Waals surface area contributed by atoms with Crippen LogP contribution in [-0.2, 0) is 0 Å². The van der Waals surface area contributed by atoms with E-state index in [-0.39, 0.29) is 0 Å². The topological polar surface area (TPSA) is 49.8 Å². The summed E-state index contributed by atoms with van der Waals surface area (Å²) in [5.74, 6) is 2.38. The lowest BCUT2D eigenvalue weighted by atomic mass is 10.0. The average Bonchev–Trinajstić information content (AvgIpc) is 2.26. The van der Waals surface area contributed by atoms with E-state index < -0.39 is 0 Å². The molecule has 0 aromatic carbocycles. The monoisotopic (exact) mass is 222 g/mol. The van der Waals surface area contributed by atoms with Gasteiger partial charge in [0.1, 0.15) is 11.6 Å². The first-order valence-electron chi connectivity index (χ1n) is 5.88. The van der Waals surface area contributed by atoms with E-state index in [0.29, 0.717) is 6.04 Å². The third-order valence-electron chi connectivity index (χ3n) is 2.46. The first-order valence-corrected chi connectivity index (χ1v) is 5.88. The summed E-state index contributed by atoms with van der Waals surface area (Å²) in [6, 6.07) is 0.434.